The van der Waals surface area contributed by atoms with E-state index in [1.165, 1.54) is 0 Å². The summed E-state index contributed by atoms with van der Waals surface area (Å²) in [5.74, 6) is 1.04. The van der Waals surface area contributed by atoms with E-state index in [1.54, 1.807) is 13.1 Å². The van der Waals surface area contributed by atoms with Gasteiger partial charge in [0, 0.05) is 38.4 Å². The lowest BCUT2D eigenvalue weighted by molar-refractivity contribution is -0.122. The molecular weight excluding hydrogens is 270 g/mol. The molecule has 1 amide bonds. The summed E-state index contributed by atoms with van der Waals surface area (Å²) >= 11 is 0. The quantitative estimate of drug-likeness (QED) is 0.819. The normalized spacial score (nSPS) is 18.7. The summed E-state index contributed by atoms with van der Waals surface area (Å²) in [5, 5.41) is 5.91. The summed E-state index contributed by atoms with van der Waals surface area (Å²) in [6, 6.07) is 1.50. The number of nitrogens with one attached hydrogen (secondary N) is 2. The number of hydrogen-bond donors (Lipinski definition) is 2. The zero-order chi connectivity index (χ0) is 15.4. The molecule has 1 atom stereocenters. The summed E-state index contributed by atoms with van der Waals surface area (Å²) < 4.78 is 5.65. The molecule has 116 valence electrons. The van der Waals surface area contributed by atoms with Crippen molar-refractivity contribution in [3.05, 3.63) is 11.8 Å². The first kappa shape index (κ1) is 15.5. The first-order valence-corrected chi connectivity index (χ1v) is 7.22. The van der Waals surface area contributed by atoms with Crippen LogP contribution in [0.1, 0.15) is 19.5 Å². The molecule has 0 radical (unpaired) electrons. The third-order valence-corrected chi connectivity index (χ3v) is 3.22. The Balaban J connectivity index is 2.29. The fourth-order valence-electron chi connectivity index (χ4n) is 2.30. The van der Waals surface area contributed by atoms with E-state index in [2.05, 4.69) is 20.6 Å². The van der Waals surface area contributed by atoms with Crippen molar-refractivity contribution in [1.82, 2.24) is 20.6 Å². The molecule has 7 heteroatoms. The molecule has 1 saturated heterocycles. The van der Waals surface area contributed by atoms with Gasteiger partial charge in [-0.25, -0.2) is 4.98 Å². The average Bonchev–Trinajstić information content (AvgIpc) is 2.45. The maximum atomic E-state index is 12.0. The number of hydrogen-bond acceptors (Lipinski definition) is 6. The van der Waals surface area contributed by atoms with Gasteiger partial charge in [0.05, 0.1) is 6.10 Å². The molecule has 1 unspecified atom stereocenters. The maximum Gasteiger partial charge on any atom is 0.243 e. The molecule has 1 aliphatic rings. The summed E-state index contributed by atoms with van der Waals surface area (Å²) in [5.41, 5.74) is 0.824. The van der Waals surface area contributed by atoms with E-state index in [4.69, 9.17) is 4.74 Å². The van der Waals surface area contributed by atoms with Crippen LogP contribution in [0.3, 0.4) is 0 Å². The van der Waals surface area contributed by atoms with Crippen molar-refractivity contribution in [2.75, 3.05) is 31.6 Å². The minimum absolute atomic E-state index is 0.0429. The molecule has 2 N–H and O–H groups in total. The Morgan fingerprint density at radius 2 is 2.29 bits per heavy atom. The maximum absolute atomic E-state index is 12.0. The lowest BCUT2D eigenvalue weighted by atomic mass is 10.2. The van der Waals surface area contributed by atoms with Gasteiger partial charge in [0.2, 0.25) is 17.7 Å². The van der Waals surface area contributed by atoms with E-state index < -0.39 is 0 Å². The van der Waals surface area contributed by atoms with Gasteiger partial charge in [-0.3, -0.25) is 4.79 Å². The molecule has 1 aromatic heterocycles. The monoisotopic (exact) mass is 293 g/mol. The van der Waals surface area contributed by atoms with Crippen LogP contribution < -0.4 is 20.3 Å². The lowest BCUT2D eigenvalue weighted by Crippen LogP contribution is -2.58. The van der Waals surface area contributed by atoms with E-state index in [-0.39, 0.29) is 18.1 Å². The largest absolute Gasteiger partial charge is 0.475 e. The third-order valence-electron chi connectivity index (χ3n) is 3.22. The third kappa shape index (κ3) is 3.81. The standard InChI is InChI=1S/C14H23N5O2/c1-9(2)21-12-7-10(3)17-14(18-12)19-6-5-16-8-11(19)13(20)15-4/h7,9,11,16H,5-6,8H2,1-4H3,(H,15,20). The van der Waals surface area contributed by atoms with Crippen molar-refractivity contribution in [2.45, 2.75) is 32.9 Å². The van der Waals surface area contributed by atoms with Crippen LogP contribution in [0.4, 0.5) is 5.95 Å². The van der Waals surface area contributed by atoms with Gasteiger partial charge in [-0.1, -0.05) is 0 Å². The average molecular weight is 293 g/mol. The number of likely N-dealkylation sites (N-methyl/N-ethyl adjacent to an activating group) is 1. The van der Waals surface area contributed by atoms with Crippen LogP contribution in [0, 0.1) is 6.92 Å². The number of nitrogens with zero attached hydrogens (tertiary/aromatic N) is 3. The van der Waals surface area contributed by atoms with Gasteiger partial charge in [0.25, 0.3) is 0 Å². The number of amides is 1. The Hall–Kier alpha value is -1.89. The van der Waals surface area contributed by atoms with Crippen LogP contribution in [0.25, 0.3) is 0 Å². The number of carbonyl (C=O) groups excluding carboxylic acids is 1. The molecular formula is C14H23N5O2. The molecule has 7 nitrogen and oxygen atoms in total. The minimum Gasteiger partial charge on any atom is -0.475 e. The van der Waals surface area contributed by atoms with Gasteiger partial charge in [-0.2, -0.15) is 4.98 Å². The van der Waals surface area contributed by atoms with Crippen LogP contribution in [0.2, 0.25) is 0 Å². The second-order valence-electron chi connectivity index (χ2n) is 5.34. The zero-order valence-corrected chi connectivity index (χ0v) is 13.0. The molecule has 1 aromatic rings. The summed E-state index contributed by atoms with van der Waals surface area (Å²) in [6.45, 7) is 7.87. The topological polar surface area (TPSA) is 79.4 Å². The van der Waals surface area contributed by atoms with Gasteiger partial charge >= 0.3 is 0 Å². The van der Waals surface area contributed by atoms with Gasteiger partial charge < -0.3 is 20.3 Å². The molecule has 0 aromatic carbocycles. The summed E-state index contributed by atoms with van der Waals surface area (Å²) in [4.78, 5) is 22.9. The molecule has 1 aliphatic heterocycles. The van der Waals surface area contributed by atoms with Gasteiger partial charge in [-0.05, 0) is 20.8 Å². The van der Waals surface area contributed by atoms with Gasteiger partial charge in [0.1, 0.15) is 6.04 Å². The van der Waals surface area contributed by atoms with Crippen LogP contribution in [0.15, 0.2) is 6.07 Å². The zero-order valence-electron chi connectivity index (χ0n) is 13.0. The Morgan fingerprint density at radius 3 is 2.95 bits per heavy atom. The lowest BCUT2D eigenvalue weighted by Gasteiger charge is -2.35. The highest BCUT2D eigenvalue weighted by Gasteiger charge is 2.30. The molecule has 1 fully saturated rings. The molecule has 2 heterocycles. The summed E-state index contributed by atoms with van der Waals surface area (Å²) in [6.07, 6.45) is 0.0462. The van der Waals surface area contributed by atoms with Gasteiger partial charge in [0.15, 0.2) is 0 Å². The van der Waals surface area contributed by atoms with Crippen molar-refractivity contribution in [1.29, 1.82) is 0 Å². The van der Waals surface area contributed by atoms with E-state index in [0.29, 0.717) is 24.9 Å². The molecule has 0 bridgehead atoms. The first-order chi connectivity index (χ1) is 10.0. The Bertz CT molecular complexity index is 506. The predicted molar refractivity (Wildman–Crippen MR) is 80.6 cm³/mol. The fraction of sp³-hybridized carbons (Fsp3) is 0.643. The van der Waals surface area contributed by atoms with Gasteiger partial charge in [-0.15, -0.1) is 0 Å². The number of piperazine rings is 1. The molecule has 21 heavy (non-hydrogen) atoms. The number of carbonyl (C=O) groups is 1. The number of anilines is 1. The van der Waals surface area contributed by atoms with E-state index >= 15 is 0 Å². The Morgan fingerprint density at radius 1 is 1.52 bits per heavy atom. The Labute approximate surface area is 125 Å². The smallest absolute Gasteiger partial charge is 0.243 e. The number of rotatable bonds is 4. The van der Waals surface area contributed by atoms with E-state index in [0.717, 1.165) is 12.2 Å². The van der Waals surface area contributed by atoms with E-state index in [9.17, 15) is 4.79 Å². The predicted octanol–water partition coefficient (Wildman–Crippen LogP) is 0.0964. The second-order valence-corrected chi connectivity index (χ2v) is 5.34. The highest BCUT2D eigenvalue weighted by atomic mass is 16.5. The molecule has 0 aliphatic carbocycles. The molecule has 2 rings (SSSR count). The van der Waals surface area contributed by atoms with Crippen LogP contribution >= 0.6 is 0 Å². The highest BCUT2D eigenvalue weighted by molar-refractivity contribution is 5.85. The van der Waals surface area contributed by atoms with Crippen molar-refractivity contribution >= 4 is 11.9 Å². The minimum atomic E-state index is -0.308. The van der Waals surface area contributed by atoms with Crippen molar-refractivity contribution in [2.24, 2.45) is 0 Å². The molecule has 0 spiro atoms. The number of aryl methyl sites for hydroxylation is 1. The van der Waals surface area contributed by atoms with Crippen LogP contribution in [-0.4, -0.2) is 54.7 Å². The first-order valence-electron chi connectivity index (χ1n) is 7.22. The number of ether oxygens (including phenoxy) is 1. The van der Waals surface area contributed by atoms with E-state index in [1.807, 2.05) is 25.7 Å². The van der Waals surface area contributed by atoms with Crippen LogP contribution in [0.5, 0.6) is 5.88 Å². The second kappa shape index (κ2) is 6.71. The number of aromatic nitrogens is 2. The highest BCUT2D eigenvalue weighted by Crippen LogP contribution is 2.19. The van der Waals surface area contributed by atoms with Crippen molar-refractivity contribution in [3.63, 3.8) is 0 Å². The van der Waals surface area contributed by atoms with Crippen molar-refractivity contribution in [3.8, 4) is 5.88 Å². The van der Waals surface area contributed by atoms with Crippen molar-refractivity contribution < 1.29 is 9.53 Å². The van der Waals surface area contributed by atoms with Crippen LogP contribution in [-0.2, 0) is 4.79 Å². The fourth-order valence-corrected chi connectivity index (χ4v) is 2.30. The summed E-state index contributed by atoms with van der Waals surface area (Å²) in [7, 11) is 1.64. The SMILES string of the molecule is CNC(=O)C1CNCCN1c1nc(C)cc(OC(C)C)n1. The molecule has 0 saturated carbocycles. The Kier molecular flexibility index (Phi) is 4.95.